The molecule has 1 atom stereocenters. The number of thiophene rings is 1. The summed E-state index contributed by atoms with van der Waals surface area (Å²) in [6, 6.07) is 16.5. The molecular weight excluding hydrogens is 362 g/mol. The molecule has 0 aliphatic carbocycles. The van der Waals surface area contributed by atoms with Gasteiger partial charge in [-0.3, -0.25) is 9.48 Å². The maximum atomic E-state index is 12.3. The zero-order valence-electron chi connectivity index (χ0n) is 15.0. The number of aromatic nitrogens is 2. The highest BCUT2D eigenvalue weighted by atomic mass is 32.2. The zero-order valence-corrected chi connectivity index (χ0v) is 16.6. The van der Waals surface area contributed by atoms with Crippen molar-refractivity contribution in [1.82, 2.24) is 15.1 Å². The number of rotatable bonds is 8. The van der Waals surface area contributed by atoms with Crippen molar-refractivity contribution in [1.29, 1.82) is 0 Å². The van der Waals surface area contributed by atoms with Crippen LogP contribution in [0.3, 0.4) is 0 Å². The molecule has 0 aliphatic heterocycles. The molecule has 2 heterocycles. The second-order valence-electron chi connectivity index (χ2n) is 6.19. The quantitative estimate of drug-likeness (QED) is 0.632. The van der Waals surface area contributed by atoms with Gasteiger partial charge in [0.05, 0.1) is 11.4 Å². The molecule has 0 radical (unpaired) electrons. The Morgan fingerprint density at radius 3 is 2.69 bits per heavy atom. The Bertz CT molecular complexity index is 828. The Labute approximate surface area is 162 Å². The second-order valence-corrected chi connectivity index (χ2v) is 8.15. The van der Waals surface area contributed by atoms with Crippen molar-refractivity contribution in [3.05, 3.63) is 75.7 Å². The normalized spacial score (nSPS) is 12.1. The van der Waals surface area contributed by atoms with E-state index in [0.29, 0.717) is 12.3 Å². The van der Waals surface area contributed by atoms with E-state index in [4.69, 9.17) is 0 Å². The van der Waals surface area contributed by atoms with Gasteiger partial charge in [0.25, 0.3) is 0 Å². The van der Waals surface area contributed by atoms with E-state index >= 15 is 0 Å². The Balaban J connectivity index is 1.56. The van der Waals surface area contributed by atoms with Crippen LogP contribution in [0.2, 0.25) is 0 Å². The number of hydrogen-bond acceptors (Lipinski definition) is 4. The molecule has 1 aromatic carbocycles. The van der Waals surface area contributed by atoms with Gasteiger partial charge in [-0.15, -0.1) is 23.1 Å². The molecule has 0 saturated carbocycles. The van der Waals surface area contributed by atoms with Gasteiger partial charge in [0.15, 0.2) is 0 Å². The summed E-state index contributed by atoms with van der Waals surface area (Å²) in [4.78, 5) is 13.5. The number of nitrogens with one attached hydrogen (secondary N) is 1. The lowest BCUT2D eigenvalue weighted by Crippen LogP contribution is -2.33. The largest absolute Gasteiger partial charge is 0.353 e. The van der Waals surface area contributed by atoms with Gasteiger partial charge in [-0.2, -0.15) is 5.10 Å². The SMILES string of the molecule is Cc1cc(C)n(C(CNC(=O)CSCc2ccccc2)c2cccs2)n1. The lowest BCUT2D eigenvalue weighted by molar-refractivity contribution is -0.118. The molecule has 0 fully saturated rings. The first-order chi connectivity index (χ1) is 12.6. The minimum absolute atomic E-state index is 0.0340. The monoisotopic (exact) mass is 385 g/mol. The minimum Gasteiger partial charge on any atom is -0.353 e. The third-order valence-electron chi connectivity index (χ3n) is 4.05. The average Bonchev–Trinajstić information content (AvgIpc) is 3.26. The van der Waals surface area contributed by atoms with Crippen molar-refractivity contribution in [3.63, 3.8) is 0 Å². The second kappa shape index (κ2) is 9.05. The van der Waals surface area contributed by atoms with Crippen molar-refractivity contribution < 1.29 is 4.79 Å². The van der Waals surface area contributed by atoms with E-state index in [-0.39, 0.29) is 11.9 Å². The number of thioether (sulfide) groups is 1. The van der Waals surface area contributed by atoms with Crippen LogP contribution in [-0.4, -0.2) is 28.0 Å². The molecule has 26 heavy (non-hydrogen) atoms. The van der Waals surface area contributed by atoms with Crippen molar-refractivity contribution in [3.8, 4) is 0 Å². The molecule has 0 spiro atoms. The molecule has 136 valence electrons. The van der Waals surface area contributed by atoms with Crippen molar-refractivity contribution in [2.24, 2.45) is 0 Å². The van der Waals surface area contributed by atoms with Crippen LogP contribution in [0.1, 0.15) is 27.9 Å². The fraction of sp³-hybridized carbons (Fsp3) is 0.300. The molecule has 3 rings (SSSR count). The fourth-order valence-corrected chi connectivity index (χ4v) is 4.48. The minimum atomic E-state index is 0.0340. The molecule has 6 heteroatoms. The number of nitrogens with zero attached hydrogens (tertiary/aromatic N) is 2. The maximum Gasteiger partial charge on any atom is 0.230 e. The van der Waals surface area contributed by atoms with Gasteiger partial charge in [0.1, 0.15) is 6.04 Å². The van der Waals surface area contributed by atoms with E-state index < -0.39 is 0 Å². The summed E-state index contributed by atoms with van der Waals surface area (Å²) in [5.74, 6) is 1.37. The number of benzene rings is 1. The summed E-state index contributed by atoms with van der Waals surface area (Å²) in [7, 11) is 0. The summed E-state index contributed by atoms with van der Waals surface area (Å²) < 4.78 is 2.01. The zero-order chi connectivity index (χ0) is 18.4. The van der Waals surface area contributed by atoms with Crippen LogP contribution in [0.15, 0.2) is 53.9 Å². The van der Waals surface area contributed by atoms with Crippen LogP contribution in [0.25, 0.3) is 0 Å². The van der Waals surface area contributed by atoms with Gasteiger partial charge in [-0.1, -0.05) is 36.4 Å². The van der Waals surface area contributed by atoms with Crippen LogP contribution in [0.4, 0.5) is 0 Å². The summed E-state index contributed by atoms with van der Waals surface area (Å²) in [5.41, 5.74) is 3.34. The summed E-state index contributed by atoms with van der Waals surface area (Å²) in [6.07, 6.45) is 0. The van der Waals surface area contributed by atoms with Crippen molar-refractivity contribution in [2.75, 3.05) is 12.3 Å². The predicted octanol–water partition coefficient (Wildman–Crippen LogP) is 4.20. The number of carbonyl (C=O) groups excluding carboxylic acids is 1. The highest BCUT2D eigenvalue weighted by Gasteiger charge is 2.19. The molecule has 1 amide bonds. The van der Waals surface area contributed by atoms with Gasteiger partial charge in [0.2, 0.25) is 5.91 Å². The first-order valence-electron chi connectivity index (χ1n) is 8.58. The van der Waals surface area contributed by atoms with Crippen LogP contribution in [-0.2, 0) is 10.5 Å². The maximum absolute atomic E-state index is 12.3. The lowest BCUT2D eigenvalue weighted by atomic mass is 10.2. The van der Waals surface area contributed by atoms with E-state index in [2.05, 4.69) is 47.0 Å². The molecule has 0 aliphatic rings. The van der Waals surface area contributed by atoms with E-state index in [1.807, 2.05) is 35.9 Å². The van der Waals surface area contributed by atoms with Gasteiger partial charge in [-0.05, 0) is 36.9 Å². The summed E-state index contributed by atoms with van der Waals surface area (Å²) >= 11 is 3.33. The molecule has 0 saturated heterocycles. The Morgan fingerprint density at radius 2 is 2.04 bits per heavy atom. The number of carbonyl (C=O) groups is 1. The van der Waals surface area contributed by atoms with Gasteiger partial charge < -0.3 is 5.32 Å². The molecule has 1 N–H and O–H groups in total. The first kappa shape index (κ1) is 18.7. The van der Waals surface area contributed by atoms with Crippen LogP contribution < -0.4 is 5.32 Å². The summed E-state index contributed by atoms with van der Waals surface area (Å²) in [5, 5.41) is 9.75. The lowest BCUT2D eigenvalue weighted by Gasteiger charge is -2.19. The molecule has 3 aromatic rings. The number of amides is 1. The third-order valence-corrected chi connectivity index (χ3v) is 6.03. The Hall–Kier alpha value is -2.05. The van der Waals surface area contributed by atoms with Gasteiger partial charge >= 0.3 is 0 Å². The molecular formula is C20H23N3OS2. The average molecular weight is 386 g/mol. The fourth-order valence-electron chi connectivity index (χ4n) is 2.85. The number of aryl methyl sites for hydroxylation is 2. The molecule has 4 nitrogen and oxygen atoms in total. The topological polar surface area (TPSA) is 46.9 Å². The molecule has 0 bridgehead atoms. The third kappa shape index (κ3) is 4.99. The van der Waals surface area contributed by atoms with E-state index in [1.165, 1.54) is 10.4 Å². The Kier molecular flexibility index (Phi) is 6.52. The number of hydrogen-bond donors (Lipinski definition) is 1. The highest BCUT2D eigenvalue weighted by molar-refractivity contribution is 7.99. The molecule has 2 aromatic heterocycles. The summed E-state index contributed by atoms with van der Waals surface area (Å²) in [6.45, 7) is 4.60. The van der Waals surface area contributed by atoms with E-state index in [1.54, 1.807) is 23.1 Å². The smallest absolute Gasteiger partial charge is 0.230 e. The predicted molar refractivity (Wildman–Crippen MR) is 110 cm³/mol. The van der Waals surface area contributed by atoms with E-state index in [0.717, 1.165) is 17.1 Å². The first-order valence-corrected chi connectivity index (χ1v) is 10.6. The highest BCUT2D eigenvalue weighted by Crippen LogP contribution is 2.24. The van der Waals surface area contributed by atoms with Crippen LogP contribution in [0.5, 0.6) is 0 Å². The van der Waals surface area contributed by atoms with Gasteiger partial charge in [-0.25, -0.2) is 0 Å². The molecule has 1 unspecified atom stereocenters. The van der Waals surface area contributed by atoms with Crippen molar-refractivity contribution >= 4 is 29.0 Å². The van der Waals surface area contributed by atoms with Gasteiger partial charge in [0, 0.05) is 22.9 Å². The van der Waals surface area contributed by atoms with Crippen molar-refractivity contribution in [2.45, 2.75) is 25.6 Å². The Morgan fingerprint density at radius 1 is 1.23 bits per heavy atom. The standard InChI is InChI=1S/C20H23N3OS2/c1-15-11-16(2)23(22-15)18(19-9-6-10-26-19)12-21-20(24)14-25-13-17-7-4-3-5-8-17/h3-11,18H,12-14H2,1-2H3,(H,21,24). The van der Waals surface area contributed by atoms with E-state index in [9.17, 15) is 4.79 Å². The van der Waals surface area contributed by atoms with Crippen LogP contribution in [0, 0.1) is 13.8 Å². The van der Waals surface area contributed by atoms with Crippen LogP contribution >= 0.6 is 23.1 Å².